The molecular weight excluding hydrogens is 264 g/mol. The van der Waals surface area contributed by atoms with Crippen molar-refractivity contribution < 1.29 is 0 Å². The fourth-order valence-electron chi connectivity index (χ4n) is 2.17. The summed E-state index contributed by atoms with van der Waals surface area (Å²) in [6, 6.07) is 8.98. The first-order valence-corrected chi connectivity index (χ1v) is 8.09. The van der Waals surface area contributed by atoms with Crippen LogP contribution in [0.2, 0.25) is 0 Å². The van der Waals surface area contributed by atoms with Crippen LogP contribution in [-0.4, -0.2) is 11.0 Å². The summed E-state index contributed by atoms with van der Waals surface area (Å²) in [7, 11) is 0. The van der Waals surface area contributed by atoms with Gasteiger partial charge in [0.2, 0.25) is 0 Å². The van der Waals surface area contributed by atoms with E-state index in [1.165, 1.54) is 21.7 Å². The molecule has 0 saturated carbocycles. The lowest BCUT2D eigenvalue weighted by Crippen LogP contribution is -2.22. The lowest BCUT2D eigenvalue weighted by molar-refractivity contribution is 0.588. The minimum atomic E-state index is 0.466. The second kappa shape index (κ2) is 6.51. The van der Waals surface area contributed by atoms with Crippen LogP contribution in [0.15, 0.2) is 24.3 Å². The number of nitrogens with one attached hydrogen (secondary N) is 1. The average molecular weight is 288 g/mol. The van der Waals surface area contributed by atoms with E-state index >= 15 is 0 Å². The van der Waals surface area contributed by atoms with Gasteiger partial charge < -0.3 is 5.32 Å². The van der Waals surface area contributed by atoms with Crippen molar-refractivity contribution in [3.05, 3.63) is 40.4 Å². The summed E-state index contributed by atoms with van der Waals surface area (Å²) in [6.07, 6.45) is 0. The first-order valence-electron chi connectivity index (χ1n) is 7.28. The number of nitrogens with zero attached hydrogens (tertiary/aromatic N) is 1. The quantitative estimate of drug-likeness (QED) is 0.859. The molecule has 108 valence electrons. The molecule has 0 aliphatic carbocycles. The summed E-state index contributed by atoms with van der Waals surface area (Å²) in [6.45, 7) is 11.9. The molecule has 1 aromatic carbocycles. The van der Waals surface area contributed by atoms with Crippen LogP contribution < -0.4 is 5.32 Å². The lowest BCUT2D eigenvalue weighted by atomic mass is 10.1. The van der Waals surface area contributed by atoms with Crippen molar-refractivity contribution in [1.82, 2.24) is 10.3 Å². The molecule has 2 nitrogen and oxygen atoms in total. The average Bonchev–Trinajstić information content (AvgIpc) is 2.81. The van der Waals surface area contributed by atoms with Gasteiger partial charge in [0.25, 0.3) is 0 Å². The van der Waals surface area contributed by atoms with E-state index in [-0.39, 0.29) is 0 Å². The van der Waals surface area contributed by atoms with Crippen molar-refractivity contribution in [3.63, 3.8) is 0 Å². The molecule has 20 heavy (non-hydrogen) atoms. The molecule has 1 aromatic heterocycles. The molecule has 0 aliphatic rings. The van der Waals surface area contributed by atoms with E-state index in [9.17, 15) is 0 Å². The Morgan fingerprint density at radius 1 is 1.15 bits per heavy atom. The van der Waals surface area contributed by atoms with E-state index in [0.29, 0.717) is 12.0 Å². The van der Waals surface area contributed by atoms with Gasteiger partial charge in [-0.15, -0.1) is 11.3 Å². The molecular formula is C17H24N2S. The fraction of sp³-hybridized carbons (Fsp3) is 0.471. The van der Waals surface area contributed by atoms with Gasteiger partial charge in [-0.25, -0.2) is 4.98 Å². The maximum absolute atomic E-state index is 4.90. The van der Waals surface area contributed by atoms with Gasteiger partial charge in [-0.3, -0.25) is 0 Å². The van der Waals surface area contributed by atoms with Gasteiger partial charge in [0.05, 0.1) is 5.69 Å². The number of hydrogen-bond acceptors (Lipinski definition) is 3. The normalized spacial score (nSPS) is 11.6. The highest BCUT2D eigenvalue weighted by Gasteiger charge is 2.16. The van der Waals surface area contributed by atoms with Crippen molar-refractivity contribution in [1.29, 1.82) is 0 Å². The first-order chi connectivity index (χ1) is 9.49. The predicted octanol–water partition coefficient (Wildman–Crippen LogP) is 4.74. The highest BCUT2D eigenvalue weighted by Crippen LogP contribution is 2.33. The Hall–Kier alpha value is -1.19. The zero-order valence-corrected chi connectivity index (χ0v) is 13.8. The Bertz CT molecular complexity index is 570. The highest BCUT2D eigenvalue weighted by molar-refractivity contribution is 7.15. The summed E-state index contributed by atoms with van der Waals surface area (Å²) in [5.41, 5.74) is 3.79. The van der Waals surface area contributed by atoms with Gasteiger partial charge in [-0.1, -0.05) is 52.0 Å². The summed E-state index contributed by atoms with van der Waals surface area (Å²) in [5.74, 6) is 0.466. The largest absolute Gasteiger partial charge is 0.310 e. The van der Waals surface area contributed by atoms with E-state index in [4.69, 9.17) is 4.98 Å². The Labute approximate surface area is 126 Å². The minimum absolute atomic E-state index is 0.466. The molecule has 1 heterocycles. The summed E-state index contributed by atoms with van der Waals surface area (Å²) in [5, 5.41) is 4.65. The SMILES string of the molecule is Cc1ccccc1-c1nc(C(C)C)c(CNC(C)C)s1. The summed E-state index contributed by atoms with van der Waals surface area (Å²) >= 11 is 1.82. The van der Waals surface area contributed by atoms with Crippen molar-refractivity contribution in [3.8, 4) is 10.6 Å². The third kappa shape index (κ3) is 3.47. The molecule has 0 spiro atoms. The molecule has 0 atom stereocenters. The van der Waals surface area contributed by atoms with Crippen LogP contribution in [0.3, 0.4) is 0 Å². The van der Waals surface area contributed by atoms with Gasteiger partial charge in [0.15, 0.2) is 0 Å². The van der Waals surface area contributed by atoms with E-state index in [2.05, 4.69) is 64.2 Å². The van der Waals surface area contributed by atoms with E-state index < -0.39 is 0 Å². The zero-order chi connectivity index (χ0) is 14.7. The predicted molar refractivity (Wildman–Crippen MR) is 88.4 cm³/mol. The van der Waals surface area contributed by atoms with E-state index in [1.54, 1.807) is 0 Å². The monoisotopic (exact) mass is 288 g/mol. The summed E-state index contributed by atoms with van der Waals surface area (Å²) < 4.78 is 0. The Balaban J connectivity index is 2.36. The van der Waals surface area contributed by atoms with Crippen molar-refractivity contribution in [2.75, 3.05) is 0 Å². The van der Waals surface area contributed by atoms with Gasteiger partial charge in [0, 0.05) is 23.0 Å². The number of benzene rings is 1. The molecule has 0 saturated heterocycles. The van der Waals surface area contributed by atoms with E-state index in [0.717, 1.165) is 11.6 Å². The fourth-order valence-corrected chi connectivity index (χ4v) is 3.42. The third-order valence-corrected chi connectivity index (χ3v) is 4.43. The minimum Gasteiger partial charge on any atom is -0.310 e. The van der Waals surface area contributed by atoms with Gasteiger partial charge in [-0.2, -0.15) is 0 Å². The van der Waals surface area contributed by atoms with Gasteiger partial charge >= 0.3 is 0 Å². The molecule has 3 heteroatoms. The van der Waals surface area contributed by atoms with Crippen LogP contribution in [0.25, 0.3) is 10.6 Å². The molecule has 0 amide bonds. The topological polar surface area (TPSA) is 24.9 Å². The molecule has 0 radical (unpaired) electrons. The Morgan fingerprint density at radius 2 is 1.85 bits per heavy atom. The standard InChI is InChI=1S/C17H24N2S/c1-11(2)16-15(10-18-12(3)4)20-17(19-16)14-9-7-6-8-13(14)5/h6-9,11-12,18H,10H2,1-5H3. The smallest absolute Gasteiger partial charge is 0.124 e. The maximum Gasteiger partial charge on any atom is 0.124 e. The van der Waals surface area contributed by atoms with Crippen LogP contribution in [0, 0.1) is 6.92 Å². The maximum atomic E-state index is 4.90. The second-order valence-electron chi connectivity index (χ2n) is 5.83. The Morgan fingerprint density at radius 3 is 2.45 bits per heavy atom. The third-order valence-electron chi connectivity index (χ3n) is 3.32. The van der Waals surface area contributed by atoms with Crippen molar-refractivity contribution >= 4 is 11.3 Å². The van der Waals surface area contributed by atoms with Crippen LogP contribution in [0.5, 0.6) is 0 Å². The Kier molecular flexibility index (Phi) is 4.95. The van der Waals surface area contributed by atoms with Crippen LogP contribution in [0.4, 0.5) is 0 Å². The van der Waals surface area contributed by atoms with Crippen LogP contribution in [-0.2, 0) is 6.54 Å². The second-order valence-corrected chi connectivity index (χ2v) is 6.92. The summed E-state index contributed by atoms with van der Waals surface area (Å²) in [4.78, 5) is 6.26. The lowest BCUT2D eigenvalue weighted by Gasteiger charge is -2.09. The molecule has 2 aromatic rings. The van der Waals surface area contributed by atoms with Crippen molar-refractivity contribution in [2.45, 2.75) is 53.1 Å². The number of aromatic nitrogens is 1. The molecule has 1 N–H and O–H groups in total. The highest BCUT2D eigenvalue weighted by atomic mass is 32.1. The van der Waals surface area contributed by atoms with Gasteiger partial charge in [0.1, 0.15) is 5.01 Å². The molecule has 0 fully saturated rings. The van der Waals surface area contributed by atoms with Gasteiger partial charge in [-0.05, 0) is 18.4 Å². The number of aryl methyl sites for hydroxylation is 1. The molecule has 0 bridgehead atoms. The zero-order valence-electron chi connectivity index (χ0n) is 13.0. The number of hydrogen-bond donors (Lipinski definition) is 1. The number of rotatable bonds is 5. The van der Waals surface area contributed by atoms with E-state index in [1.807, 2.05) is 11.3 Å². The molecule has 0 aliphatic heterocycles. The van der Waals surface area contributed by atoms with Crippen LogP contribution in [0.1, 0.15) is 49.7 Å². The first kappa shape index (κ1) is 15.2. The number of thiazole rings is 1. The molecule has 0 unspecified atom stereocenters. The molecule has 2 rings (SSSR count). The van der Waals surface area contributed by atoms with Crippen molar-refractivity contribution in [2.24, 2.45) is 0 Å². The van der Waals surface area contributed by atoms with Crippen LogP contribution >= 0.6 is 11.3 Å².